The normalized spacial score (nSPS) is 18.2. The zero-order valence-corrected chi connectivity index (χ0v) is 9.95. The van der Waals surface area contributed by atoms with E-state index in [1.54, 1.807) is 0 Å². The highest BCUT2D eigenvalue weighted by atomic mass is 16.3. The molecule has 1 heterocycles. The molecule has 1 fully saturated rings. The third-order valence-corrected chi connectivity index (χ3v) is 3.47. The van der Waals surface area contributed by atoms with Crippen molar-refractivity contribution in [3.05, 3.63) is 5.69 Å². The van der Waals surface area contributed by atoms with E-state index in [9.17, 15) is 5.11 Å². The fraction of sp³-hybridized carbons (Fsp3) is 0.727. The van der Waals surface area contributed by atoms with E-state index in [2.05, 4.69) is 10.4 Å². The van der Waals surface area contributed by atoms with Crippen LogP contribution in [-0.2, 0) is 6.54 Å². The smallest absolute Gasteiger partial charge is 0.148 e. The Balaban J connectivity index is 2.26. The van der Waals surface area contributed by atoms with Crippen molar-refractivity contribution in [1.82, 2.24) is 9.78 Å². The van der Waals surface area contributed by atoms with Crippen LogP contribution in [0.2, 0.25) is 0 Å². The topological polar surface area (TPSA) is 76.1 Å². The molecule has 1 aliphatic rings. The minimum absolute atomic E-state index is 0.153. The van der Waals surface area contributed by atoms with Crippen molar-refractivity contribution in [2.24, 2.45) is 0 Å². The molecule has 1 saturated carbocycles. The fourth-order valence-electron chi connectivity index (χ4n) is 2.13. The number of nitrogens with zero attached hydrogens (tertiary/aromatic N) is 2. The van der Waals surface area contributed by atoms with Gasteiger partial charge in [0.15, 0.2) is 0 Å². The molecule has 0 spiro atoms. The van der Waals surface area contributed by atoms with E-state index in [0.717, 1.165) is 37.3 Å². The summed E-state index contributed by atoms with van der Waals surface area (Å²) in [6.45, 7) is 4.87. The van der Waals surface area contributed by atoms with Crippen molar-refractivity contribution < 1.29 is 5.11 Å². The molecule has 90 valence electrons. The van der Waals surface area contributed by atoms with Crippen molar-refractivity contribution in [2.45, 2.75) is 45.2 Å². The molecule has 5 nitrogen and oxygen atoms in total. The number of nitrogens with two attached hydrogens (primary N) is 1. The van der Waals surface area contributed by atoms with E-state index in [4.69, 9.17) is 5.73 Å². The maximum absolute atomic E-state index is 9.43. The van der Waals surface area contributed by atoms with E-state index in [0.29, 0.717) is 5.69 Å². The third-order valence-electron chi connectivity index (χ3n) is 3.47. The Bertz CT molecular complexity index is 376. The zero-order valence-electron chi connectivity index (χ0n) is 9.95. The molecule has 1 aromatic heterocycles. The van der Waals surface area contributed by atoms with Gasteiger partial charge in [-0.25, -0.2) is 4.68 Å². The Morgan fingerprint density at radius 2 is 2.25 bits per heavy atom. The minimum atomic E-state index is -0.173. The first-order valence-electron chi connectivity index (χ1n) is 5.84. The number of aromatic nitrogens is 2. The first-order valence-corrected chi connectivity index (χ1v) is 5.84. The van der Waals surface area contributed by atoms with Gasteiger partial charge in [0.05, 0.1) is 23.5 Å². The SMILES string of the molecule is CCn1nc(C)c(N)c1NC1(CO)CCC1. The molecular formula is C11H20N4O. The van der Waals surface area contributed by atoms with Gasteiger partial charge >= 0.3 is 0 Å². The Hall–Kier alpha value is -1.23. The summed E-state index contributed by atoms with van der Waals surface area (Å²) in [6.07, 6.45) is 3.15. The molecule has 0 radical (unpaired) electrons. The lowest BCUT2D eigenvalue weighted by molar-refractivity contribution is 0.143. The molecule has 2 rings (SSSR count). The first-order chi connectivity index (χ1) is 7.62. The fourth-order valence-corrected chi connectivity index (χ4v) is 2.13. The molecule has 4 N–H and O–H groups in total. The number of aliphatic hydroxyl groups is 1. The van der Waals surface area contributed by atoms with E-state index in [1.807, 2.05) is 18.5 Å². The number of aryl methyl sites for hydroxylation is 2. The van der Waals surface area contributed by atoms with Crippen molar-refractivity contribution in [3.8, 4) is 0 Å². The van der Waals surface area contributed by atoms with Crippen molar-refractivity contribution in [2.75, 3.05) is 17.7 Å². The molecule has 5 heteroatoms. The number of rotatable bonds is 4. The molecule has 0 aliphatic heterocycles. The van der Waals surface area contributed by atoms with Gasteiger partial charge in [0.1, 0.15) is 5.82 Å². The Labute approximate surface area is 95.6 Å². The molecule has 0 amide bonds. The number of hydrogen-bond donors (Lipinski definition) is 3. The van der Waals surface area contributed by atoms with Gasteiger partial charge in [0, 0.05) is 6.54 Å². The van der Waals surface area contributed by atoms with Gasteiger partial charge in [-0.1, -0.05) is 0 Å². The Morgan fingerprint density at radius 3 is 2.69 bits per heavy atom. The molecule has 0 aromatic carbocycles. The minimum Gasteiger partial charge on any atom is -0.394 e. The van der Waals surface area contributed by atoms with Gasteiger partial charge < -0.3 is 16.2 Å². The zero-order chi connectivity index (χ0) is 11.8. The van der Waals surface area contributed by atoms with Crippen LogP contribution < -0.4 is 11.1 Å². The number of aliphatic hydroxyl groups excluding tert-OH is 1. The lowest BCUT2D eigenvalue weighted by atomic mass is 9.77. The lowest BCUT2D eigenvalue weighted by Gasteiger charge is -2.41. The summed E-state index contributed by atoms with van der Waals surface area (Å²) in [5, 5.41) is 17.2. The second-order valence-electron chi connectivity index (χ2n) is 4.58. The highest BCUT2D eigenvalue weighted by Crippen LogP contribution is 2.36. The van der Waals surface area contributed by atoms with E-state index in [1.165, 1.54) is 0 Å². The molecule has 16 heavy (non-hydrogen) atoms. The largest absolute Gasteiger partial charge is 0.394 e. The van der Waals surface area contributed by atoms with Crippen LogP contribution >= 0.6 is 0 Å². The summed E-state index contributed by atoms with van der Waals surface area (Å²) in [5.41, 5.74) is 7.36. The van der Waals surface area contributed by atoms with Gasteiger partial charge in [0.25, 0.3) is 0 Å². The Kier molecular flexibility index (Phi) is 2.80. The second-order valence-corrected chi connectivity index (χ2v) is 4.58. The van der Waals surface area contributed by atoms with E-state index >= 15 is 0 Å². The second kappa shape index (κ2) is 3.97. The number of hydrogen-bond acceptors (Lipinski definition) is 4. The summed E-state index contributed by atoms with van der Waals surface area (Å²) in [7, 11) is 0. The van der Waals surface area contributed by atoms with Crippen molar-refractivity contribution in [3.63, 3.8) is 0 Å². The maximum atomic E-state index is 9.43. The van der Waals surface area contributed by atoms with Crippen LogP contribution in [0.3, 0.4) is 0 Å². The van der Waals surface area contributed by atoms with Crippen LogP contribution in [0.5, 0.6) is 0 Å². The molecule has 0 saturated heterocycles. The van der Waals surface area contributed by atoms with Gasteiger partial charge in [-0.2, -0.15) is 5.10 Å². The molecular weight excluding hydrogens is 204 g/mol. The van der Waals surface area contributed by atoms with Gasteiger partial charge in [-0.15, -0.1) is 0 Å². The van der Waals surface area contributed by atoms with E-state index < -0.39 is 0 Å². The summed E-state index contributed by atoms with van der Waals surface area (Å²) >= 11 is 0. The summed E-state index contributed by atoms with van der Waals surface area (Å²) in [5.74, 6) is 0.855. The average molecular weight is 224 g/mol. The van der Waals surface area contributed by atoms with Crippen LogP contribution in [0.1, 0.15) is 31.9 Å². The van der Waals surface area contributed by atoms with Gasteiger partial charge in [-0.05, 0) is 33.1 Å². The van der Waals surface area contributed by atoms with Crippen molar-refractivity contribution in [1.29, 1.82) is 0 Å². The third kappa shape index (κ3) is 1.65. The highest BCUT2D eigenvalue weighted by Gasteiger charge is 2.37. The van der Waals surface area contributed by atoms with Crippen LogP contribution in [0.25, 0.3) is 0 Å². The highest BCUT2D eigenvalue weighted by molar-refractivity contribution is 5.66. The van der Waals surface area contributed by atoms with Crippen LogP contribution in [0.4, 0.5) is 11.5 Å². The van der Waals surface area contributed by atoms with Crippen LogP contribution in [-0.4, -0.2) is 27.0 Å². The maximum Gasteiger partial charge on any atom is 0.148 e. The van der Waals surface area contributed by atoms with Gasteiger partial charge in [0.2, 0.25) is 0 Å². The first kappa shape index (κ1) is 11.3. The van der Waals surface area contributed by atoms with E-state index in [-0.39, 0.29) is 12.1 Å². The summed E-state index contributed by atoms with van der Waals surface area (Å²) in [4.78, 5) is 0. The van der Waals surface area contributed by atoms with Gasteiger partial charge in [-0.3, -0.25) is 0 Å². The molecule has 1 aromatic rings. The summed E-state index contributed by atoms with van der Waals surface area (Å²) < 4.78 is 1.86. The predicted molar refractivity (Wildman–Crippen MR) is 64.3 cm³/mol. The van der Waals surface area contributed by atoms with Crippen LogP contribution in [0.15, 0.2) is 0 Å². The molecule has 0 unspecified atom stereocenters. The number of anilines is 2. The summed E-state index contributed by atoms with van der Waals surface area (Å²) in [6, 6.07) is 0. The van der Waals surface area contributed by atoms with Crippen molar-refractivity contribution >= 4 is 11.5 Å². The Morgan fingerprint density at radius 1 is 1.56 bits per heavy atom. The molecule has 0 atom stereocenters. The molecule has 0 bridgehead atoms. The molecule has 1 aliphatic carbocycles. The number of nitrogen functional groups attached to an aromatic ring is 1. The average Bonchev–Trinajstić information content (AvgIpc) is 2.50. The number of nitrogens with one attached hydrogen (secondary N) is 1. The standard InChI is InChI=1S/C11H20N4O/c1-3-15-10(9(12)8(2)14-15)13-11(7-16)5-4-6-11/h13,16H,3-7,12H2,1-2H3. The predicted octanol–water partition coefficient (Wildman–Crippen LogP) is 1.12. The monoisotopic (exact) mass is 224 g/mol. The van der Waals surface area contributed by atoms with Crippen LogP contribution in [0, 0.1) is 6.92 Å². The quantitative estimate of drug-likeness (QED) is 0.716. The lowest BCUT2D eigenvalue weighted by Crippen LogP contribution is -2.48.